The molecule has 0 atom stereocenters. The van der Waals surface area contributed by atoms with E-state index >= 15 is 0 Å². The van der Waals surface area contributed by atoms with Gasteiger partial charge in [0.1, 0.15) is 0 Å². The summed E-state index contributed by atoms with van der Waals surface area (Å²) < 4.78 is 7.06. The zero-order valence-corrected chi connectivity index (χ0v) is 37.6. The minimum atomic E-state index is 0.534. The molecular formula is C60H36N8S. The van der Waals surface area contributed by atoms with E-state index in [1.165, 1.54) is 20.2 Å². The molecule has 0 aliphatic heterocycles. The summed E-state index contributed by atoms with van der Waals surface area (Å²) in [6, 6.07) is 75.7. The Morgan fingerprint density at radius 3 is 1.30 bits per heavy atom. The Morgan fingerprint density at radius 2 is 0.696 bits per heavy atom. The summed E-state index contributed by atoms with van der Waals surface area (Å²) in [5, 5.41) is 6.91. The van der Waals surface area contributed by atoms with Gasteiger partial charge < -0.3 is 4.57 Å². The molecule has 0 saturated carbocycles. The maximum atomic E-state index is 5.43. The SMILES string of the molecule is c1ccc(-c2nc(-c3ccccc3)nc(-c3cccc(-n4c5ccccc5c5ccc6c7ccccc7n(-c7nc(-c8ccccc8)nc(-c8ccc9c(c8)sc8ccccc89)n7)c6c54)c3)n2)cc1. The van der Waals surface area contributed by atoms with Crippen LogP contribution in [0.1, 0.15) is 0 Å². The van der Waals surface area contributed by atoms with Crippen LogP contribution in [0.15, 0.2) is 218 Å². The molecule has 0 spiro atoms. The molecule has 0 radical (unpaired) electrons. The second-order valence-corrected chi connectivity index (χ2v) is 18.2. The number of aromatic nitrogens is 8. The first-order chi connectivity index (χ1) is 34.2. The molecule has 0 saturated heterocycles. The average Bonchev–Trinajstić information content (AvgIpc) is 4.09. The third kappa shape index (κ3) is 6.43. The summed E-state index contributed by atoms with van der Waals surface area (Å²) in [4.78, 5) is 31.2. The van der Waals surface area contributed by atoms with Crippen molar-refractivity contribution in [3.8, 4) is 68.6 Å². The first kappa shape index (κ1) is 39.0. The van der Waals surface area contributed by atoms with Gasteiger partial charge in [-0.3, -0.25) is 4.57 Å². The Bertz CT molecular complexity index is 4250. The molecule has 9 heteroatoms. The van der Waals surface area contributed by atoms with E-state index in [0.29, 0.717) is 35.1 Å². The van der Waals surface area contributed by atoms with E-state index in [1.54, 1.807) is 11.3 Å². The lowest BCUT2D eigenvalue weighted by Gasteiger charge is -2.14. The number of nitrogens with zero attached hydrogens (tertiary/aromatic N) is 8. The molecule has 322 valence electrons. The van der Waals surface area contributed by atoms with Gasteiger partial charge in [0.2, 0.25) is 5.95 Å². The normalized spacial score (nSPS) is 11.8. The van der Waals surface area contributed by atoms with Crippen molar-refractivity contribution in [2.75, 3.05) is 0 Å². The van der Waals surface area contributed by atoms with E-state index in [2.05, 4.69) is 149 Å². The number of hydrogen-bond donors (Lipinski definition) is 0. The molecule has 0 fully saturated rings. The van der Waals surface area contributed by atoms with Crippen LogP contribution in [0.25, 0.3) is 132 Å². The van der Waals surface area contributed by atoms with E-state index in [0.717, 1.165) is 77.1 Å². The summed E-state index contributed by atoms with van der Waals surface area (Å²) in [7, 11) is 0. The lowest BCUT2D eigenvalue weighted by molar-refractivity contribution is 0.953. The van der Waals surface area contributed by atoms with Crippen molar-refractivity contribution in [1.82, 2.24) is 39.0 Å². The number of thiophene rings is 1. The van der Waals surface area contributed by atoms with Gasteiger partial charge >= 0.3 is 0 Å². The van der Waals surface area contributed by atoms with Crippen LogP contribution in [-0.4, -0.2) is 39.0 Å². The summed E-state index contributed by atoms with van der Waals surface area (Å²) >= 11 is 1.79. The van der Waals surface area contributed by atoms with Crippen LogP contribution < -0.4 is 0 Å². The van der Waals surface area contributed by atoms with E-state index in [4.69, 9.17) is 29.9 Å². The molecule has 9 aromatic carbocycles. The predicted molar refractivity (Wildman–Crippen MR) is 282 cm³/mol. The molecule has 5 aromatic heterocycles. The highest BCUT2D eigenvalue weighted by atomic mass is 32.1. The molecule has 14 aromatic rings. The van der Waals surface area contributed by atoms with Gasteiger partial charge in [-0.05, 0) is 36.4 Å². The Kier molecular flexibility index (Phi) is 8.90. The van der Waals surface area contributed by atoms with Crippen molar-refractivity contribution in [3.05, 3.63) is 218 Å². The van der Waals surface area contributed by atoms with Gasteiger partial charge in [-0.25, -0.2) is 19.9 Å². The molecule has 8 nitrogen and oxygen atoms in total. The maximum absolute atomic E-state index is 5.43. The predicted octanol–water partition coefficient (Wildman–Crippen LogP) is 15.0. The fraction of sp³-hybridized carbons (Fsp3) is 0. The summed E-state index contributed by atoms with van der Waals surface area (Å²) in [5.74, 6) is 3.55. The Balaban J connectivity index is 1.03. The second-order valence-electron chi connectivity index (χ2n) is 17.1. The zero-order chi connectivity index (χ0) is 45.4. The number of fused-ring (bicyclic) bond motifs is 10. The Hall–Kier alpha value is -9.18. The summed E-state index contributed by atoms with van der Waals surface area (Å²) in [6.45, 7) is 0. The van der Waals surface area contributed by atoms with E-state index < -0.39 is 0 Å². The lowest BCUT2D eigenvalue weighted by Crippen LogP contribution is -2.07. The summed E-state index contributed by atoms with van der Waals surface area (Å²) in [5.41, 5.74) is 9.59. The van der Waals surface area contributed by atoms with Gasteiger partial charge in [0, 0.05) is 75.2 Å². The lowest BCUT2D eigenvalue weighted by atomic mass is 10.1. The molecule has 0 aliphatic carbocycles. The fourth-order valence-corrected chi connectivity index (χ4v) is 11.0. The molecule has 5 heterocycles. The number of para-hydroxylation sites is 2. The van der Waals surface area contributed by atoms with Crippen LogP contribution in [0.5, 0.6) is 0 Å². The van der Waals surface area contributed by atoms with Gasteiger partial charge in [-0.15, -0.1) is 11.3 Å². The van der Waals surface area contributed by atoms with Crippen LogP contribution in [0.2, 0.25) is 0 Å². The van der Waals surface area contributed by atoms with Gasteiger partial charge in [0.15, 0.2) is 29.1 Å². The standard InChI is InChI=1S/C60H36N8S/c1-4-17-37(18-5-1)55-61-56(38-19-6-2-7-20-38)63-58(62-55)40-23-16-24-42(35-40)67-49-28-13-10-25-43(49)47-33-34-48-44-26-11-14-29-50(44)68(54(48)53(47)67)60-65-57(39-21-8-3-9-22-39)64-59(66-60)41-31-32-46-45-27-12-15-30-51(45)69-52(46)36-41/h1-36H. The van der Waals surface area contributed by atoms with E-state index in [-0.39, 0.29) is 0 Å². The highest BCUT2D eigenvalue weighted by molar-refractivity contribution is 7.25. The highest BCUT2D eigenvalue weighted by Crippen LogP contribution is 2.43. The monoisotopic (exact) mass is 900 g/mol. The van der Waals surface area contributed by atoms with Crippen molar-refractivity contribution in [3.63, 3.8) is 0 Å². The molecular weight excluding hydrogens is 865 g/mol. The third-order valence-corrected chi connectivity index (χ3v) is 14.2. The zero-order valence-electron chi connectivity index (χ0n) is 36.8. The second kappa shape index (κ2) is 15.7. The molecule has 69 heavy (non-hydrogen) atoms. The third-order valence-electron chi connectivity index (χ3n) is 13.0. The van der Waals surface area contributed by atoms with Crippen LogP contribution in [0.3, 0.4) is 0 Å². The van der Waals surface area contributed by atoms with Gasteiger partial charge in [0.05, 0.1) is 22.1 Å². The van der Waals surface area contributed by atoms with Crippen LogP contribution in [0, 0.1) is 0 Å². The number of rotatable bonds is 7. The molecule has 0 amide bonds. The van der Waals surface area contributed by atoms with E-state index in [1.807, 2.05) is 78.9 Å². The molecule has 0 unspecified atom stereocenters. The van der Waals surface area contributed by atoms with Crippen molar-refractivity contribution in [1.29, 1.82) is 0 Å². The van der Waals surface area contributed by atoms with Gasteiger partial charge in [-0.2, -0.15) is 9.97 Å². The highest BCUT2D eigenvalue weighted by Gasteiger charge is 2.24. The van der Waals surface area contributed by atoms with E-state index in [9.17, 15) is 0 Å². The van der Waals surface area contributed by atoms with Crippen molar-refractivity contribution >= 4 is 75.1 Å². The van der Waals surface area contributed by atoms with Crippen molar-refractivity contribution in [2.45, 2.75) is 0 Å². The largest absolute Gasteiger partial charge is 0.307 e. The molecule has 14 rings (SSSR count). The first-order valence-corrected chi connectivity index (χ1v) is 23.7. The van der Waals surface area contributed by atoms with Crippen LogP contribution >= 0.6 is 11.3 Å². The first-order valence-electron chi connectivity index (χ1n) is 22.9. The Morgan fingerprint density at radius 1 is 0.275 bits per heavy atom. The van der Waals surface area contributed by atoms with Gasteiger partial charge in [-0.1, -0.05) is 182 Å². The minimum Gasteiger partial charge on any atom is -0.307 e. The molecule has 0 bridgehead atoms. The van der Waals surface area contributed by atoms with Crippen molar-refractivity contribution in [2.24, 2.45) is 0 Å². The summed E-state index contributed by atoms with van der Waals surface area (Å²) in [6.07, 6.45) is 0. The maximum Gasteiger partial charge on any atom is 0.238 e. The minimum absolute atomic E-state index is 0.534. The average molecular weight is 901 g/mol. The topological polar surface area (TPSA) is 87.2 Å². The smallest absolute Gasteiger partial charge is 0.238 e. The van der Waals surface area contributed by atoms with Crippen LogP contribution in [0.4, 0.5) is 0 Å². The fourth-order valence-electron chi connectivity index (χ4n) is 9.87. The number of benzene rings is 9. The number of hydrogen-bond acceptors (Lipinski definition) is 7. The molecule has 0 N–H and O–H groups in total. The Labute approximate surface area is 399 Å². The molecule has 0 aliphatic rings. The van der Waals surface area contributed by atoms with Crippen LogP contribution in [-0.2, 0) is 0 Å². The van der Waals surface area contributed by atoms with Gasteiger partial charge in [0.25, 0.3) is 0 Å². The quantitative estimate of drug-likeness (QED) is 0.158. The van der Waals surface area contributed by atoms with Crippen molar-refractivity contribution < 1.29 is 0 Å².